The summed E-state index contributed by atoms with van der Waals surface area (Å²) in [7, 11) is 1.38. The van der Waals surface area contributed by atoms with Gasteiger partial charge in [0.15, 0.2) is 0 Å². The number of esters is 1. The van der Waals surface area contributed by atoms with Gasteiger partial charge in [0.05, 0.1) is 18.6 Å². The fourth-order valence-corrected chi connectivity index (χ4v) is 3.34. The summed E-state index contributed by atoms with van der Waals surface area (Å²) in [5, 5.41) is 2.97. The number of hydrogen-bond donors (Lipinski definition) is 1. The molecule has 2 fully saturated rings. The first-order valence-corrected chi connectivity index (χ1v) is 7.38. The van der Waals surface area contributed by atoms with Gasteiger partial charge in [-0.2, -0.15) is 0 Å². The molecule has 1 amide bonds. The summed E-state index contributed by atoms with van der Waals surface area (Å²) < 4.78 is 4.70. The monoisotopic (exact) mass is 288 g/mol. The zero-order chi connectivity index (χ0) is 14.8. The normalized spacial score (nSPS) is 25.3. The third kappa shape index (κ3) is 2.78. The van der Waals surface area contributed by atoms with Crippen molar-refractivity contribution in [3.63, 3.8) is 0 Å². The molecule has 3 rings (SSSR count). The Hall–Kier alpha value is -1.88. The predicted molar refractivity (Wildman–Crippen MR) is 77.7 cm³/mol. The number of carbonyl (C=O) groups is 2. The number of rotatable bonds is 3. The molecular weight excluding hydrogens is 268 g/mol. The lowest BCUT2D eigenvalue weighted by Crippen LogP contribution is -2.44. The quantitative estimate of drug-likeness (QED) is 0.849. The van der Waals surface area contributed by atoms with Crippen LogP contribution in [0.25, 0.3) is 0 Å². The number of likely N-dealkylation sites (tertiary alicyclic amines) is 1. The number of benzene rings is 1. The van der Waals surface area contributed by atoms with Gasteiger partial charge < -0.3 is 10.1 Å². The Balaban J connectivity index is 1.68. The van der Waals surface area contributed by atoms with E-state index < -0.39 is 0 Å². The van der Waals surface area contributed by atoms with E-state index in [9.17, 15) is 9.59 Å². The lowest BCUT2D eigenvalue weighted by Gasteiger charge is -2.35. The molecule has 1 N–H and O–H groups in total. The Morgan fingerprint density at radius 3 is 2.86 bits per heavy atom. The minimum Gasteiger partial charge on any atom is -0.465 e. The van der Waals surface area contributed by atoms with Gasteiger partial charge in [-0.1, -0.05) is 12.1 Å². The van der Waals surface area contributed by atoms with Gasteiger partial charge >= 0.3 is 5.97 Å². The molecule has 2 unspecified atom stereocenters. The fourth-order valence-electron chi connectivity index (χ4n) is 3.34. The van der Waals surface area contributed by atoms with E-state index >= 15 is 0 Å². The van der Waals surface area contributed by atoms with E-state index in [1.807, 2.05) is 12.1 Å². The van der Waals surface area contributed by atoms with Crippen molar-refractivity contribution in [2.45, 2.75) is 25.4 Å². The molecule has 2 aliphatic heterocycles. The van der Waals surface area contributed by atoms with Crippen LogP contribution >= 0.6 is 0 Å². The van der Waals surface area contributed by atoms with Crippen molar-refractivity contribution >= 4 is 11.9 Å². The first kappa shape index (κ1) is 14.1. The van der Waals surface area contributed by atoms with Crippen molar-refractivity contribution < 1.29 is 14.3 Å². The molecule has 2 heterocycles. The first-order valence-electron chi connectivity index (χ1n) is 7.38. The second-order valence-electron chi connectivity index (χ2n) is 5.72. The summed E-state index contributed by atoms with van der Waals surface area (Å²) in [6.07, 6.45) is 2.06. The largest absolute Gasteiger partial charge is 0.465 e. The molecule has 0 aromatic heterocycles. The van der Waals surface area contributed by atoms with E-state index in [0.29, 0.717) is 11.6 Å². The maximum absolute atomic E-state index is 11.8. The fraction of sp³-hybridized carbons (Fsp3) is 0.500. The Morgan fingerprint density at radius 2 is 2.14 bits per heavy atom. The van der Waals surface area contributed by atoms with Crippen LogP contribution in [0, 0.1) is 5.92 Å². The molecular formula is C16H20N2O3. The van der Waals surface area contributed by atoms with Crippen LogP contribution in [0.15, 0.2) is 24.3 Å². The molecule has 0 saturated carbocycles. The van der Waals surface area contributed by atoms with Gasteiger partial charge in [-0.25, -0.2) is 4.79 Å². The zero-order valence-corrected chi connectivity index (χ0v) is 12.2. The third-order valence-electron chi connectivity index (χ3n) is 4.48. The molecule has 0 bridgehead atoms. The van der Waals surface area contributed by atoms with Gasteiger partial charge in [-0.15, -0.1) is 0 Å². The number of piperidine rings is 1. The standard InChI is InChI=1S/C16H20N2O3/c1-21-16(20)12-6-4-11(5-7-12)10-18-8-2-3-13-14(18)9-17-15(13)19/h4-7,13-14H,2-3,8-10H2,1H3,(H,17,19). The number of ether oxygens (including phenoxy) is 1. The SMILES string of the molecule is COC(=O)c1ccc(CN2CCCC3C(=O)NCC32)cc1. The van der Waals surface area contributed by atoms with Crippen molar-refractivity contribution in [2.75, 3.05) is 20.2 Å². The van der Waals surface area contributed by atoms with Crippen molar-refractivity contribution in [1.29, 1.82) is 0 Å². The predicted octanol–water partition coefficient (Wildman–Crippen LogP) is 1.18. The average Bonchev–Trinajstić information content (AvgIpc) is 2.90. The van der Waals surface area contributed by atoms with Gasteiger partial charge in [0.1, 0.15) is 0 Å². The number of amides is 1. The highest BCUT2D eigenvalue weighted by Gasteiger charge is 2.40. The maximum Gasteiger partial charge on any atom is 0.337 e. The van der Waals surface area contributed by atoms with Crippen molar-refractivity contribution in [2.24, 2.45) is 5.92 Å². The molecule has 2 atom stereocenters. The molecule has 0 aliphatic carbocycles. The molecule has 1 aromatic carbocycles. The number of nitrogens with zero attached hydrogens (tertiary/aromatic N) is 1. The van der Waals surface area contributed by atoms with Crippen molar-refractivity contribution in [3.05, 3.63) is 35.4 Å². The molecule has 1 aromatic rings. The molecule has 2 saturated heterocycles. The minimum absolute atomic E-state index is 0.146. The van der Waals surface area contributed by atoms with Crippen LogP contribution in [0.3, 0.4) is 0 Å². The lowest BCUT2D eigenvalue weighted by atomic mass is 9.91. The summed E-state index contributed by atoms with van der Waals surface area (Å²) in [5.74, 6) is 0.0315. The molecule has 5 nitrogen and oxygen atoms in total. The second-order valence-corrected chi connectivity index (χ2v) is 5.72. The molecule has 112 valence electrons. The Bertz CT molecular complexity index is 541. The van der Waals surface area contributed by atoms with Crippen molar-refractivity contribution in [1.82, 2.24) is 10.2 Å². The van der Waals surface area contributed by atoms with Crippen LogP contribution in [0.4, 0.5) is 0 Å². The first-order chi connectivity index (χ1) is 10.2. The molecule has 5 heteroatoms. The third-order valence-corrected chi connectivity index (χ3v) is 4.48. The summed E-state index contributed by atoms with van der Waals surface area (Å²) in [6.45, 7) is 2.59. The van der Waals surface area contributed by atoms with E-state index in [0.717, 1.165) is 38.0 Å². The van der Waals surface area contributed by atoms with Gasteiger partial charge in [-0.3, -0.25) is 9.69 Å². The number of carbonyl (C=O) groups excluding carboxylic acids is 2. The number of fused-ring (bicyclic) bond motifs is 1. The lowest BCUT2D eigenvalue weighted by molar-refractivity contribution is -0.124. The van der Waals surface area contributed by atoms with E-state index in [1.165, 1.54) is 7.11 Å². The summed E-state index contributed by atoms with van der Waals surface area (Å²) in [4.78, 5) is 25.6. The highest BCUT2D eigenvalue weighted by Crippen LogP contribution is 2.28. The maximum atomic E-state index is 11.8. The van der Waals surface area contributed by atoms with Gasteiger partial charge in [-0.05, 0) is 37.1 Å². The molecule has 0 spiro atoms. The van der Waals surface area contributed by atoms with Gasteiger partial charge in [0.2, 0.25) is 5.91 Å². The summed E-state index contributed by atoms with van der Waals surface area (Å²) >= 11 is 0. The molecule has 0 radical (unpaired) electrons. The number of hydrogen-bond acceptors (Lipinski definition) is 4. The number of methoxy groups -OCH3 is 1. The van der Waals surface area contributed by atoms with E-state index in [1.54, 1.807) is 12.1 Å². The summed E-state index contributed by atoms with van der Waals surface area (Å²) in [5.41, 5.74) is 1.72. The smallest absolute Gasteiger partial charge is 0.337 e. The Labute approximate surface area is 124 Å². The summed E-state index contributed by atoms with van der Waals surface area (Å²) in [6, 6.07) is 7.81. The Kier molecular flexibility index (Phi) is 3.92. The van der Waals surface area contributed by atoms with Crippen LogP contribution in [0.2, 0.25) is 0 Å². The highest BCUT2D eigenvalue weighted by molar-refractivity contribution is 5.89. The van der Waals surface area contributed by atoms with Crippen LogP contribution in [0.5, 0.6) is 0 Å². The van der Waals surface area contributed by atoms with E-state index in [2.05, 4.69) is 10.2 Å². The van der Waals surface area contributed by atoms with E-state index in [-0.39, 0.29) is 17.8 Å². The Morgan fingerprint density at radius 1 is 1.38 bits per heavy atom. The molecule has 21 heavy (non-hydrogen) atoms. The van der Waals surface area contributed by atoms with Crippen LogP contribution in [0.1, 0.15) is 28.8 Å². The highest BCUT2D eigenvalue weighted by atomic mass is 16.5. The average molecular weight is 288 g/mol. The van der Waals surface area contributed by atoms with Gasteiger partial charge in [0, 0.05) is 19.1 Å². The van der Waals surface area contributed by atoms with Crippen LogP contribution in [-0.4, -0.2) is 43.0 Å². The van der Waals surface area contributed by atoms with Gasteiger partial charge in [0.25, 0.3) is 0 Å². The minimum atomic E-state index is -0.315. The topological polar surface area (TPSA) is 58.6 Å². The zero-order valence-electron chi connectivity index (χ0n) is 12.2. The van der Waals surface area contributed by atoms with Crippen LogP contribution < -0.4 is 5.32 Å². The number of nitrogens with one attached hydrogen (secondary N) is 1. The van der Waals surface area contributed by atoms with E-state index in [4.69, 9.17) is 4.74 Å². The van der Waals surface area contributed by atoms with Crippen LogP contribution in [-0.2, 0) is 16.1 Å². The molecule has 2 aliphatic rings. The van der Waals surface area contributed by atoms with Crippen molar-refractivity contribution in [3.8, 4) is 0 Å². The second kappa shape index (κ2) is 5.85.